The Morgan fingerprint density at radius 1 is 1.36 bits per heavy atom. The van der Waals surface area contributed by atoms with Crippen molar-refractivity contribution in [3.05, 3.63) is 41.9 Å². The number of nitrogens with zero attached hydrogens (tertiary/aromatic N) is 4. The summed E-state index contributed by atoms with van der Waals surface area (Å²) in [5, 5.41) is 8.36. The maximum absolute atomic E-state index is 12.4. The summed E-state index contributed by atoms with van der Waals surface area (Å²) in [7, 11) is 1.84. The van der Waals surface area contributed by atoms with E-state index in [4.69, 9.17) is 0 Å². The van der Waals surface area contributed by atoms with Crippen molar-refractivity contribution in [1.29, 1.82) is 0 Å². The molecule has 0 aliphatic carbocycles. The molecule has 22 heavy (non-hydrogen) atoms. The number of anilines is 1. The SMILES string of the molecule is CCc1c(C)nn(C)c1NC(=O)Cn1ccc2cccnc21. The maximum Gasteiger partial charge on any atom is 0.245 e. The van der Waals surface area contributed by atoms with Gasteiger partial charge in [0.2, 0.25) is 5.91 Å². The van der Waals surface area contributed by atoms with E-state index in [0.29, 0.717) is 0 Å². The lowest BCUT2D eigenvalue weighted by molar-refractivity contribution is -0.116. The number of carbonyl (C=O) groups excluding carboxylic acids is 1. The second-order valence-electron chi connectivity index (χ2n) is 5.30. The van der Waals surface area contributed by atoms with Crippen LogP contribution in [0.15, 0.2) is 30.6 Å². The molecule has 3 aromatic rings. The number of rotatable bonds is 4. The summed E-state index contributed by atoms with van der Waals surface area (Å²) in [6, 6.07) is 5.83. The summed E-state index contributed by atoms with van der Waals surface area (Å²) >= 11 is 0. The molecule has 0 radical (unpaired) electrons. The van der Waals surface area contributed by atoms with Crippen LogP contribution in [0.25, 0.3) is 11.0 Å². The second kappa shape index (κ2) is 5.63. The van der Waals surface area contributed by atoms with Crippen LogP contribution >= 0.6 is 0 Å². The van der Waals surface area contributed by atoms with Crippen LogP contribution in [0.5, 0.6) is 0 Å². The number of fused-ring (bicyclic) bond motifs is 1. The first-order chi connectivity index (χ1) is 10.6. The third-order valence-electron chi connectivity index (χ3n) is 3.79. The first-order valence-corrected chi connectivity index (χ1v) is 7.32. The van der Waals surface area contributed by atoms with Crippen LogP contribution in [0.4, 0.5) is 5.82 Å². The van der Waals surface area contributed by atoms with Crippen LogP contribution in [-0.4, -0.2) is 25.2 Å². The highest BCUT2D eigenvalue weighted by atomic mass is 16.2. The van der Waals surface area contributed by atoms with Gasteiger partial charge in [-0.25, -0.2) is 4.98 Å². The molecular weight excluding hydrogens is 278 g/mol. The molecule has 1 N–H and O–H groups in total. The first-order valence-electron chi connectivity index (χ1n) is 7.32. The fraction of sp³-hybridized carbons (Fsp3) is 0.312. The largest absolute Gasteiger partial charge is 0.323 e. The summed E-state index contributed by atoms with van der Waals surface area (Å²) < 4.78 is 3.57. The Labute approximate surface area is 128 Å². The highest BCUT2D eigenvalue weighted by Gasteiger charge is 2.15. The van der Waals surface area contributed by atoms with Gasteiger partial charge in [0.25, 0.3) is 0 Å². The molecule has 0 unspecified atom stereocenters. The molecule has 1 amide bonds. The minimum atomic E-state index is -0.0825. The molecule has 0 atom stereocenters. The Morgan fingerprint density at radius 2 is 2.18 bits per heavy atom. The Kier molecular flexibility index (Phi) is 3.66. The molecule has 0 saturated heterocycles. The Hall–Kier alpha value is -2.63. The summed E-state index contributed by atoms with van der Waals surface area (Å²) in [5.41, 5.74) is 2.84. The van der Waals surface area contributed by atoms with Crippen LogP contribution in [0, 0.1) is 6.92 Å². The van der Waals surface area contributed by atoms with Gasteiger partial charge in [-0.2, -0.15) is 5.10 Å². The van der Waals surface area contributed by atoms with Crippen molar-refractivity contribution in [2.75, 3.05) is 5.32 Å². The van der Waals surface area contributed by atoms with E-state index in [-0.39, 0.29) is 12.5 Å². The highest BCUT2D eigenvalue weighted by molar-refractivity contribution is 5.91. The van der Waals surface area contributed by atoms with Crippen molar-refractivity contribution in [1.82, 2.24) is 19.3 Å². The van der Waals surface area contributed by atoms with Crippen LogP contribution in [0.1, 0.15) is 18.2 Å². The van der Waals surface area contributed by atoms with Gasteiger partial charge in [0.05, 0.1) is 5.69 Å². The van der Waals surface area contributed by atoms with Crippen LogP contribution in [0.3, 0.4) is 0 Å². The van der Waals surface area contributed by atoms with Gasteiger partial charge in [-0.3, -0.25) is 9.48 Å². The lowest BCUT2D eigenvalue weighted by Crippen LogP contribution is -2.20. The molecular formula is C16H19N5O. The van der Waals surface area contributed by atoms with Crippen molar-refractivity contribution >= 4 is 22.8 Å². The van der Waals surface area contributed by atoms with Gasteiger partial charge >= 0.3 is 0 Å². The molecule has 0 aliphatic heterocycles. The van der Waals surface area contributed by atoms with Crippen LogP contribution in [0.2, 0.25) is 0 Å². The fourth-order valence-corrected chi connectivity index (χ4v) is 2.76. The fourth-order valence-electron chi connectivity index (χ4n) is 2.76. The van der Waals surface area contributed by atoms with E-state index in [1.165, 1.54) is 0 Å². The van der Waals surface area contributed by atoms with Crippen molar-refractivity contribution < 1.29 is 4.79 Å². The van der Waals surface area contributed by atoms with E-state index >= 15 is 0 Å². The molecule has 0 bridgehead atoms. The van der Waals surface area contributed by atoms with E-state index in [1.54, 1.807) is 10.9 Å². The Bertz CT molecular complexity index is 830. The third-order valence-corrected chi connectivity index (χ3v) is 3.79. The third kappa shape index (κ3) is 2.47. The van der Waals surface area contributed by atoms with Crippen molar-refractivity contribution in [2.24, 2.45) is 7.05 Å². The molecule has 3 aromatic heterocycles. The number of nitrogens with one attached hydrogen (secondary N) is 1. The van der Waals surface area contributed by atoms with Crippen LogP contribution in [-0.2, 0) is 24.8 Å². The minimum Gasteiger partial charge on any atom is -0.323 e. The lowest BCUT2D eigenvalue weighted by atomic mass is 10.2. The van der Waals surface area contributed by atoms with Crippen molar-refractivity contribution in [3.63, 3.8) is 0 Å². The highest BCUT2D eigenvalue weighted by Crippen LogP contribution is 2.19. The molecule has 0 aromatic carbocycles. The van der Waals surface area contributed by atoms with Crippen molar-refractivity contribution in [2.45, 2.75) is 26.8 Å². The predicted octanol–water partition coefficient (Wildman–Crippen LogP) is 2.28. The van der Waals surface area contributed by atoms with Gasteiger partial charge in [0.15, 0.2) is 0 Å². The van der Waals surface area contributed by atoms with E-state index in [2.05, 4.69) is 22.3 Å². The normalized spacial score (nSPS) is 11.0. The molecule has 0 saturated carbocycles. The lowest BCUT2D eigenvalue weighted by Gasteiger charge is -2.09. The minimum absolute atomic E-state index is 0.0825. The topological polar surface area (TPSA) is 64.7 Å². The van der Waals surface area contributed by atoms with Gasteiger partial charge in [0, 0.05) is 30.4 Å². The zero-order valence-electron chi connectivity index (χ0n) is 13.0. The summed E-state index contributed by atoms with van der Waals surface area (Å²) in [5.74, 6) is 0.690. The number of aromatic nitrogens is 4. The van der Waals surface area contributed by atoms with E-state index in [9.17, 15) is 4.79 Å². The average Bonchev–Trinajstić information content (AvgIpc) is 3.01. The van der Waals surface area contributed by atoms with E-state index < -0.39 is 0 Å². The monoisotopic (exact) mass is 297 g/mol. The van der Waals surface area contributed by atoms with Gasteiger partial charge in [-0.05, 0) is 31.5 Å². The summed E-state index contributed by atoms with van der Waals surface area (Å²) in [6.45, 7) is 4.24. The van der Waals surface area contributed by atoms with Gasteiger partial charge < -0.3 is 9.88 Å². The number of carbonyl (C=O) groups is 1. The van der Waals surface area contributed by atoms with Gasteiger partial charge in [-0.15, -0.1) is 0 Å². The Balaban J connectivity index is 1.81. The molecule has 3 rings (SSSR count). The zero-order valence-corrected chi connectivity index (χ0v) is 13.0. The summed E-state index contributed by atoms with van der Waals surface area (Å²) in [6.07, 6.45) is 4.45. The Morgan fingerprint density at radius 3 is 2.95 bits per heavy atom. The molecule has 3 heterocycles. The van der Waals surface area contributed by atoms with E-state index in [0.717, 1.165) is 34.5 Å². The molecule has 0 spiro atoms. The summed E-state index contributed by atoms with van der Waals surface area (Å²) in [4.78, 5) is 16.7. The zero-order chi connectivity index (χ0) is 15.7. The van der Waals surface area contributed by atoms with Gasteiger partial charge in [-0.1, -0.05) is 6.92 Å². The number of pyridine rings is 1. The van der Waals surface area contributed by atoms with Gasteiger partial charge in [0.1, 0.15) is 18.0 Å². The number of hydrogen-bond donors (Lipinski definition) is 1. The smallest absolute Gasteiger partial charge is 0.245 e. The quantitative estimate of drug-likeness (QED) is 0.803. The molecule has 0 aliphatic rings. The average molecular weight is 297 g/mol. The standard InChI is InChI=1S/C16H19N5O/c1-4-13-11(2)19-20(3)16(13)18-14(22)10-21-9-7-12-6-5-8-17-15(12)21/h5-9H,4,10H2,1-3H3,(H,18,22). The van der Waals surface area contributed by atoms with Crippen molar-refractivity contribution in [3.8, 4) is 0 Å². The number of aryl methyl sites for hydroxylation is 2. The van der Waals surface area contributed by atoms with Crippen LogP contribution < -0.4 is 5.32 Å². The predicted molar refractivity (Wildman–Crippen MR) is 85.7 cm³/mol. The second-order valence-corrected chi connectivity index (χ2v) is 5.30. The molecule has 6 heteroatoms. The molecule has 0 fully saturated rings. The molecule has 114 valence electrons. The maximum atomic E-state index is 12.4. The molecule has 6 nitrogen and oxygen atoms in total. The van der Waals surface area contributed by atoms with E-state index in [1.807, 2.05) is 42.9 Å². The first kappa shape index (κ1) is 14.3. The number of amides is 1. The number of hydrogen-bond acceptors (Lipinski definition) is 3.